The summed E-state index contributed by atoms with van der Waals surface area (Å²) >= 11 is 0. The van der Waals surface area contributed by atoms with Gasteiger partial charge in [-0.3, -0.25) is 4.57 Å². The van der Waals surface area contributed by atoms with Crippen LogP contribution in [-0.2, 0) is 0 Å². The van der Waals surface area contributed by atoms with Crippen LogP contribution in [0.25, 0.3) is 134 Å². The Bertz CT molecular complexity index is 4280. The van der Waals surface area contributed by atoms with Gasteiger partial charge in [0.15, 0.2) is 29.1 Å². The largest absolute Gasteiger partial charge is 0.307 e. The van der Waals surface area contributed by atoms with Crippen molar-refractivity contribution >= 4 is 65.2 Å². The molecule has 14 aromatic rings. The summed E-state index contributed by atoms with van der Waals surface area (Å²) in [5.41, 5.74) is 9.67. The molecule has 0 aliphatic carbocycles. The SMILES string of the molecule is c1ccc(-c2nc(-c3ccc(-n4c5ccccc5c5ccc6c7ccccc7n(-c7nc(-c8ccccc8)nc(-c8ccccc8)n7)c6c54)cc3)nc(-c3ccc4c(ccc5ccccc54)c3)n2)cc1. The van der Waals surface area contributed by atoms with Crippen LogP contribution in [0.4, 0.5) is 0 Å². The second kappa shape index (κ2) is 16.0. The number of aromatic nitrogens is 8. The predicted octanol–water partition coefficient (Wildman–Crippen LogP) is 14.9. The quantitative estimate of drug-likeness (QED) is 0.148. The molecule has 0 bridgehead atoms. The number of rotatable bonds is 7. The van der Waals surface area contributed by atoms with Crippen molar-refractivity contribution in [3.8, 4) is 68.6 Å². The highest BCUT2D eigenvalue weighted by atomic mass is 15.2. The molecule has 0 aliphatic heterocycles. The van der Waals surface area contributed by atoms with Crippen LogP contribution in [-0.4, -0.2) is 39.0 Å². The highest BCUT2D eigenvalue weighted by Gasteiger charge is 2.24. The molecule has 0 aliphatic rings. The van der Waals surface area contributed by atoms with Crippen molar-refractivity contribution in [3.05, 3.63) is 231 Å². The lowest BCUT2D eigenvalue weighted by atomic mass is 10.00. The zero-order chi connectivity index (χ0) is 46.1. The molecule has 4 heterocycles. The lowest BCUT2D eigenvalue weighted by Gasteiger charge is -2.14. The van der Waals surface area contributed by atoms with Gasteiger partial charge >= 0.3 is 0 Å². The molecule has 326 valence electrons. The van der Waals surface area contributed by atoms with E-state index in [0.717, 1.165) is 82.5 Å². The minimum Gasteiger partial charge on any atom is -0.307 e. The van der Waals surface area contributed by atoms with Gasteiger partial charge in [0.05, 0.1) is 22.1 Å². The van der Waals surface area contributed by atoms with E-state index in [1.807, 2.05) is 91.0 Å². The van der Waals surface area contributed by atoms with E-state index < -0.39 is 0 Å². The van der Waals surface area contributed by atoms with Crippen LogP contribution >= 0.6 is 0 Å². The van der Waals surface area contributed by atoms with E-state index in [2.05, 4.69) is 149 Å². The first-order valence-corrected chi connectivity index (χ1v) is 23.4. The Morgan fingerprint density at radius 2 is 0.629 bits per heavy atom. The monoisotopic (exact) mass is 894 g/mol. The summed E-state index contributed by atoms with van der Waals surface area (Å²) in [7, 11) is 0. The van der Waals surface area contributed by atoms with Crippen LogP contribution in [0.1, 0.15) is 0 Å². The topological polar surface area (TPSA) is 87.2 Å². The molecule has 0 radical (unpaired) electrons. The highest BCUT2D eigenvalue weighted by molar-refractivity contribution is 6.23. The summed E-state index contributed by atoms with van der Waals surface area (Å²) in [4.78, 5) is 31.0. The summed E-state index contributed by atoms with van der Waals surface area (Å²) in [6.45, 7) is 0. The Morgan fingerprint density at radius 3 is 1.20 bits per heavy atom. The molecule has 0 fully saturated rings. The average molecular weight is 895 g/mol. The maximum Gasteiger partial charge on any atom is 0.238 e. The number of nitrogens with zero attached hydrogens (tertiary/aromatic N) is 8. The van der Waals surface area contributed by atoms with Crippen molar-refractivity contribution in [2.45, 2.75) is 0 Å². The standard InChI is InChI=1S/C62H38N8/c1-4-17-40(18-5-1)57-63-58(65-61(64-57)45-32-35-48-44(38-45)29-28-39-16-10-11-23-47(39)48)43-30-33-46(34-31-43)69-53-26-14-12-24-49(53)51-36-37-52-50-25-13-15-27-54(50)70(56(52)55(51)69)62-67-59(41-19-6-2-7-20-41)66-60(68-62)42-21-8-3-9-22-42/h1-38H. The van der Waals surface area contributed by atoms with Crippen molar-refractivity contribution in [2.24, 2.45) is 0 Å². The van der Waals surface area contributed by atoms with E-state index in [-0.39, 0.29) is 0 Å². The first-order valence-electron chi connectivity index (χ1n) is 23.4. The van der Waals surface area contributed by atoms with Gasteiger partial charge < -0.3 is 4.57 Å². The van der Waals surface area contributed by atoms with Gasteiger partial charge in [0, 0.05) is 55.0 Å². The van der Waals surface area contributed by atoms with Gasteiger partial charge in [0.2, 0.25) is 5.95 Å². The smallest absolute Gasteiger partial charge is 0.238 e. The Balaban J connectivity index is 0.969. The van der Waals surface area contributed by atoms with Gasteiger partial charge in [-0.2, -0.15) is 9.97 Å². The van der Waals surface area contributed by atoms with Gasteiger partial charge in [-0.25, -0.2) is 19.9 Å². The molecule has 4 aromatic heterocycles. The number of hydrogen-bond acceptors (Lipinski definition) is 6. The van der Waals surface area contributed by atoms with Crippen LogP contribution in [0.5, 0.6) is 0 Å². The van der Waals surface area contributed by atoms with Crippen molar-refractivity contribution in [3.63, 3.8) is 0 Å². The van der Waals surface area contributed by atoms with Gasteiger partial charge in [0.25, 0.3) is 0 Å². The van der Waals surface area contributed by atoms with E-state index in [1.165, 1.54) is 16.2 Å². The summed E-state index contributed by atoms with van der Waals surface area (Å²) in [6.07, 6.45) is 0. The van der Waals surface area contributed by atoms with Crippen LogP contribution in [0, 0.1) is 0 Å². The summed E-state index contributed by atoms with van der Waals surface area (Å²) < 4.78 is 4.60. The molecule has 0 saturated heterocycles. The number of hydrogen-bond donors (Lipinski definition) is 0. The molecule has 0 amide bonds. The molecule has 0 unspecified atom stereocenters. The molecule has 70 heavy (non-hydrogen) atoms. The second-order valence-corrected chi connectivity index (χ2v) is 17.5. The van der Waals surface area contributed by atoms with Crippen molar-refractivity contribution < 1.29 is 0 Å². The average Bonchev–Trinajstić information content (AvgIpc) is 3.96. The third-order valence-corrected chi connectivity index (χ3v) is 13.4. The first kappa shape index (κ1) is 39.5. The third-order valence-electron chi connectivity index (χ3n) is 13.4. The first-order chi connectivity index (χ1) is 34.7. The Morgan fingerprint density at radius 1 is 0.243 bits per heavy atom. The molecule has 8 heteroatoms. The van der Waals surface area contributed by atoms with Gasteiger partial charge in [-0.1, -0.05) is 188 Å². The molecule has 0 N–H and O–H groups in total. The summed E-state index contributed by atoms with van der Waals surface area (Å²) in [6, 6.07) is 80.0. The second-order valence-electron chi connectivity index (χ2n) is 17.5. The Hall–Kier alpha value is -9.66. The predicted molar refractivity (Wildman–Crippen MR) is 284 cm³/mol. The maximum absolute atomic E-state index is 5.28. The normalized spacial score (nSPS) is 11.7. The van der Waals surface area contributed by atoms with E-state index >= 15 is 0 Å². The lowest BCUT2D eigenvalue weighted by Crippen LogP contribution is -2.07. The fraction of sp³-hybridized carbons (Fsp3) is 0. The summed E-state index contributed by atoms with van der Waals surface area (Å²) in [5.74, 6) is 3.57. The molecule has 14 rings (SSSR count). The molecular weight excluding hydrogens is 857 g/mol. The molecule has 0 saturated carbocycles. The van der Waals surface area contributed by atoms with Gasteiger partial charge in [0.1, 0.15) is 0 Å². The van der Waals surface area contributed by atoms with E-state index in [9.17, 15) is 0 Å². The Labute approximate surface area is 401 Å². The number of benzene rings is 10. The fourth-order valence-corrected chi connectivity index (χ4v) is 10.1. The van der Waals surface area contributed by atoms with E-state index in [1.54, 1.807) is 0 Å². The van der Waals surface area contributed by atoms with Crippen LogP contribution in [0.15, 0.2) is 231 Å². The molecule has 8 nitrogen and oxygen atoms in total. The highest BCUT2D eigenvalue weighted by Crippen LogP contribution is 2.42. The fourth-order valence-electron chi connectivity index (χ4n) is 10.1. The summed E-state index contributed by atoms with van der Waals surface area (Å²) in [5, 5.41) is 9.23. The molecular formula is C62H38N8. The minimum atomic E-state index is 0.540. The maximum atomic E-state index is 5.28. The van der Waals surface area contributed by atoms with E-state index in [4.69, 9.17) is 29.9 Å². The van der Waals surface area contributed by atoms with Crippen molar-refractivity contribution in [2.75, 3.05) is 0 Å². The van der Waals surface area contributed by atoms with E-state index in [0.29, 0.717) is 35.1 Å². The van der Waals surface area contributed by atoms with Crippen molar-refractivity contribution in [1.29, 1.82) is 0 Å². The van der Waals surface area contributed by atoms with Crippen molar-refractivity contribution in [1.82, 2.24) is 39.0 Å². The number of para-hydroxylation sites is 2. The minimum absolute atomic E-state index is 0.540. The van der Waals surface area contributed by atoms with Crippen LogP contribution in [0.2, 0.25) is 0 Å². The van der Waals surface area contributed by atoms with Crippen LogP contribution in [0.3, 0.4) is 0 Å². The zero-order valence-corrected chi connectivity index (χ0v) is 37.5. The van der Waals surface area contributed by atoms with Gasteiger partial charge in [-0.15, -0.1) is 0 Å². The lowest BCUT2D eigenvalue weighted by molar-refractivity contribution is 0.953. The number of fused-ring (bicyclic) bond motifs is 10. The molecule has 0 spiro atoms. The van der Waals surface area contributed by atoms with Crippen LogP contribution < -0.4 is 0 Å². The molecule has 0 atom stereocenters. The molecule has 10 aromatic carbocycles. The zero-order valence-electron chi connectivity index (χ0n) is 37.5. The Kier molecular flexibility index (Phi) is 9.03. The van der Waals surface area contributed by atoms with Gasteiger partial charge in [-0.05, 0) is 64.0 Å². The third kappa shape index (κ3) is 6.46.